The molecule has 0 spiro atoms. The first-order chi connectivity index (χ1) is 8.75. The van der Waals surface area contributed by atoms with Gasteiger partial charge in [0, 0.05) is 12.6 Å². The third-order valence-corrected chi connectivity index (χ3v) is 4.59. The summed E-state index contributed by atoms with van der Waals surface area (Å²) < 4.78 is 5.81. The second kappa shape index (κ2) is 5.04. The molecule has 0 aromatic carbocycles. The highest BCUT2D eigenvalue weighted by molar-refractivity contribution is 5.88. The SMILES string of the molecule is C/C(=C\C(=O)N1CCO[C@@H]2CCCC[C@H]21)C1CC1. The number of amides is 1. The monoisotopic (exact) mass is 249 g/mol. The van der Waals surface area contributed by atoms with E-state index in [0.717, 1.165) is 19.4 Å². The molecule has 2 atom stereocenters. The van der Waals surface area contributed by atoms with Crippen molar-refractivity contribution in [1.82, 2.24) is 4.90 Å². The summed E-state index contributed by atoms with van der Waals surface area (Å²) in [5.41, 5.74) is 1.28. The van der Waals surface area contributed by atoms with Gasteiger partial charge in [-0.3, -0.25) is 4.79 Å². The zero-order valence-electron chi connectivity index (χ0n) is 11.2. The molecule has 0 aromatic heterocycles. The van der Waals surface area contributed by atoms with E-state index in [9.17, 15) is 4.79 Å². The number of ether oxygens (including phenoxy) is 1. The summed E-state index contributed by atoms with van der Waals surface area (Å²) in [4.78, 5) is 14.5. The van der Waals surface area contributed by atoms with E-state index >= 15 is 0 Å². The molecule has 3 aliphatic rings. The number of fused-ring (bicyclic) bond motifs is 1. The molecule has 2 aliphatic carbocycles. The normalized spacial score (nSPS) is 33.2. The Balaban J connectivity index is 1.69. The molecule has 3 rings (SSSR count). The molecule has 1 saturated heterocycles. The smallest absolute Gasteiger partial charge is 0.246 e. The number of hydrogen-bond donors (Lipinski definition) is 0. The molecule has 3 nitrogen and oxygen atoms in total. The van der Waals surface area contributed by atoms with E-state index < -0.39 is 0 Å². The van der Waals surface area contributed by atoms with E-state index in [4.69, 9.17) is 4.74 Å². The molecule has 0 radical (unpaired) electrons. The first-order valence-corrected chi connectivity index (χ1v) is 7.36. The highest BCUT2D eigenvalue weighted by Crippen LogP contribution is 2.36. The van der Waals surface area contributed by atoms with Gasteiger partial charge < -0.3 is 9.64 Å². The zero-order chi connectivity index (χ0) is 12.5. The van der Waals surface area contributed by atoms with Gasteiger partial charge in [-0.1, -0.05) is 18.4 Å². The molecule has 1 heterocycles. The van der Waals surface area contributed by atoms with Crippen molar-refractivity contribution in [3.63, 3.8) is 0 Å². The maximum Gasteiger partial charge on any atom is 0.246 e. The minimum absolute atomic E-state index is 0.222. The average molecular weight is 249 g/mol. The summed E-state index contributed by atoms with van der Waals surface area (Å²) in [5.74, 6) is 0.914. The third-order valence-electron chi connectivity index (χ3n) is 4.59. The number of carbonyl (C=O) groups excluding carboxylic acids is 1. The van der Waals surface area contributed by atoms with Crippen LogP contribution in [-0.4, -0.2) is 36.1 Å². The van der Waals surface area contributed by atoms with E-state index in [2.05, 4.69) is 11.8 Å². The van der Waals surface area contributed by atoms with Gasteiger partial charge in [0.1, 0.15) is 0 Å². The first kappa shape index (κ1) is 12.2. The van der Waals surface area contributed by atoms with Gasteiger partial charge in [-0.05, 0) is 38.5 Å². The van der Waals surface area contributed by atoms with Crippen LogP contribution in [0.25, 0.3) is 0 Å². The van der Waals surface area contributed by atoms with Crippen molar-refractivity contribution < 1.29 is 9.53 Å². The van der Waals surface area contributed by atoms with Gasteiger partial charge in [-0.2, -0.15) is 0 Å². The molecule has 3 fully saturated rings. The second-order valence-electron chi connectivity index (χ2n) is 5.96. The summed E-state index contributed by atoms with van der Waals surface area (Å²) in [6.07, 6.45) is 9.45. The quantitative estimate of drug-likeness (QED) is 0.704. The van der Waals surface area contributed by atoms with Crippen molar-refractivity contribution in [3.8, 4) is 0 Å². The first-order valence-electron chi connectivity index (χ1n) is 7.36. The fraction of sp³-hybridized carbons (Fsp3) is 0.800. The maximum atomic E-state index is 12.4. The van der Waals surface area contributed by atoms with E-state index in [0.29, 0.717) is 24.7 Å². The van der Waals surface area contributed by atoms with Crippen molar-refractivity contribution in [2.75, 3.05) is 13.2 Å². The van der Waals surface area contributed by atoms with Crippen molar-refractivity contribution in [1.29, 1.82) is 0 Å². The average Bonchev–Trinajstić information content (AvgIpc) is 3.22. The predicted octanol–water partition coefficient (Wildman–Crippen LogP) is 2.51. The molecule has 3 heteroatoms. The topological polar surface area (TPSA) is 29.5 Å². The number of morpholine rings is 1. The fourth-order valence-electron chi connectivity index (χ4n) is 3.30. The van der Waals surface area contributed by atoms with Crippen molar-refractivity contribution >= 4 is 5.91 Å². The summed E-state index contributed by atoms with van der Waals surface area (Å²) >= 11 is 0. The van der Waals surface area contributed by atoms with E-state index in [1.165, 1.54) is 31.3 Å². The highest BCUT2D eigenvalue weighted by atomic mass is 16.5. The van der Waals surface area contributed by atoms with Crippen LogP contribution >= 0.6 is 0 Å². The summed E-state index contributed by atoms with van der Waals surface area (Å²) in [6.45, 7) is 3.59. The molecule has 0 bridgehead atoms. The minimum Gasteiger partial charge on any atom is -0.374 e. The van der Waals surface area contributed by atoms with Crippen LogP contribution in [0.5, 0.6) is 0 Å². The largest absolute Gasteiger partial charge is 0.374 e. The molecule has 0 aromatic rings. The minimum atomic E-state index is 0.222. The highest BCUT2D eigenvalue weighted by Gasteiger charge is 2.36. The molecule has 100 valence electrons. The van der Waals surface area contributed by atoms with Gasteiger partial charge in [-0.15, -0.1) is 0 Å². The van der Waals surface area contributed by atoms with Gasteiger partial charge in [0.15, 0.2) is 0 Å². The lowest BCUT2D eigenvalue weighted by molar-refractivity contribution is -0.144. The van der Waals surface area contributed by atoms with Crippen LogP contribution in [0.3, 0.4) is 0 Å². The van der Waals surface area contributed by atoms with Crippen LogP contribution < -0.4 is 0 Å². The lowest BCUT2D eigenvalue weighted by atomic mass is 9.90. The standard InChI is InChI=1S/C15H23NO2/c1-11(12-6-7-12)10-15(17)16-8-9-18-14-5-3-2-4-13(14)16/h10,12-14H,2-9H2,1H3/b11-10+/t13-,14-/m1/s1. The van der Waals surface area contributed by atoms with Crippen LogP contribution in [0, 0.1) is 5.92 Å². The molecule has 0 N–H and O–H groups in total. The Labute approximate surface area is 109 Å². The molecule has 1 amide bonds. The van der Waals surface area contributed by atoms with Gasteiger partial charge in [0.25, 0.3) is 0 Å². The third kappa shape index (κ3) is 2.46. The van der Waals surface area contributed by atoms with Gasteiger partial charge in [-0.25, -0.2) is 0 Å². The lowest BCUT2D eigenvalue weighted by Gasteiger charge is -2.43. The maximum absolute atomic E-state index is 12.4. The second-order valence-corrected chi connectivity index (χ2v) is 5.96. The van der Waals surface area contributed by atoms with Gasteiger partial charge in [0.2, 0.25) is 5.91 Å². The Morgan fingerprint density at radius 2 is 2.00 bits per heavy atom. The van der Waals surface area contributed by atoms with Gasteiger partial charge >= 0.3 is 0 Å². The Bertz CT molecular complexity index is 358. The van der Waals surface area contributed by atoms with Crippen LogP contribution in [0.4, 0.5) is 0 Å². The summed E-state index contributed by atoms with van der Waals surface area (Å²) in [6, 6.07) is 0.336. The fourth-order valence-corrected chi connectivity index (χ4v) is 3.30. The van der Waals surface area contributed by atoms with Crippen LogP contribution in [0.2, 0.25) is 0 Å². The van der Waals surface area contributed by atoms with Crippen molar-refractivity contribution in [2.24, 2.45) is 5.92 Å². The summed E-state index contributed by atoms with van der Waals surface area (Å²) in [7, 11) is 0. The summed E-state index contributed by atoms with van der Waals surface area (Å²) in [5, 5.41) is 0. The number of nitrogens with zero attached hydrogens (tertiary/aromatic N) is 1. The molecular formula is C15H23NO2. The van der Waals surface area contributed by atoms with E-state index in [1.54, 1.807) is 0 Å². The predicted molar refractivity (Wildman–Crippen MR) is 70.2 cm³/mol. The molecular weight excluding hydrogens is 226 g/mol. The zero-order valence-corrected chi connectivity index (χ0v) is 11.2. The lowest BCUT2D eigenvalue weighted by Crippen LogP contribution is -2.54. The molecule has 2 saturated carbocycles. The van der Waals surface area contributed by atoms with Crippen LogP contribution in [0.1, 0.15) is 45.4 Å². The Morgan fingerprint density at radius 1 is 1.22 bits per heavy atom. The van der Waals surface area contributed by atoms with Crippen LogP contribution in [-0.2, 0) is 9.53 Å². The van der Waals surface area contributed by atoms with Crippen LogP contribution in [0.15, 0.2) is 11.6 Å². The number of allylic oxidation sites excluding steroid dienone is 1. The molecule has 1 aliphatic heterocycles. The number of hydrogen-bond acceptors (Lipinski definition) is 2. The number of rotatable bonds is 2. The van der Waals surface area contributed by atoms with Crippen molar-refractivity contribution in [2.45, 2.75) is 57.6 Å². The molecule has 0 unspecified atom stereocenters. The van der Waals surface area contributed by atoms with E-state index in [1.807, 2.05) is 6.08 Å². The number of carbonyl (C=O) groups is 1. The van der Waals surface area contributed by atoms with E-state index in [-0.39, 0.29) is 5.91 Å². The van der Waals surface area contributed by atoms with Gasteiger partial charge in [0.05, 0.1) is 18.8 Å². The molecule has 18 heavy (non-hydrogen) atoms. The Kier molecular flexibility index (Phi) is 3.42. The Morgan fingerprint density at radius 3 is 2.78 bits per heavy atom. The Hall–Kier alpha value is -0.830. The van der Waals surface area contributed by atoms with Crippen molar-refractivity contribution in [3.05, 3.63) is 11.6 Å².